The third-order valence-electron chi connectivity index (χ3n) is 1.67. The van der Waals surface area contributed by atoms with E-state index >= 15 is 0 Å². The van der Waals surface area contributed by atoms with E-state index in [1.807, 2.05) is 6.07 Å². The van der Waals surface area contributed by atoms with Crippen LogP contribution in [0, 0.1) is 0 Å². The van der Waals surface area contributed by atoms with Crippen LogP contribution in [0.2, 0.25) is 0 Å². The molecule has 0 aliphatic carbocycles. The molecule has 0 spiro atoms. The highest BCUT2D eigenvalue weighted by atomic mass is 16.3. The molecule has 13 heavy (non-hydrogen) atoms. The summed E-state index contributed by atoms with van der Waals surface area (Å²) >= 11 is 0. The zero-order chi connectivity index (χ0) is 9.68. The van der Waals surface area contributed by atoms with Gasteiger partial charge in [0.1, 0.15) is 5.75 Å². The molecule has 0 bridgehead atoms. The fraction of sp³-hybridized carbons (Fsp3) is 0.300. The van der Waals surface area contributed by atoms with E-state index in [0.717, 1.165) is 0 Å². The molecule has 1 aromatic rings. The monoisotopic (exact) mass is 179 g/mol. The van der Waals surface area contributed by atoms with E-state index in [-0.39, 0.29) is 18.4 Å². The van der Waals surface area contributed by atoms with Crippen LogP contribution in [0.15, 0.2) is 29.3 Å². The van der Waals surface area contributed by atoms with Crippen molar-refractivity contribution in [3.05, 3.63) is 29.8 Å². The maximum atomic E-state index is 9.34. The Labute approximate surface area is 77.4 Å². The second-order valence-electron chi connectivity index (χ2n) is 2.87. The van der Waals surface area contributed by atoms with Crippen molar-refractivity contribution in [2.24, 2.45) is 4.99 Å². The SMILES string of the molecule is C[C@@H](CO)N=Cc1ccccc1O. The van der Waals surface area contributed by atoms with Gasteiger partial charge in [-0.3, -0.25) is 4.99 Å². The smallest absolute Gasteiger partial charge is 0.124 e. The Kier molecular flexibility index (Phi) is 3.46. The van der Waals surface area contributed by atoms with Gasteiger partial charge in [-0.2, -0.15) is 0 Å². The molecule has 0 saturated carbocycles. The standard InChI is InChI=1S/C10H13NO2/c1-8(7-12)11-6-9-4-2-3-5-10(9)13/h2-6,8,12-13H,7H2,1H3/t8-/m0/s1. The minimum atomic E-state index is -0.125. The predicted octanol–water partition coefficient (Wildman–Crippen LogP) is 1.19. The van der Waals surface area contributed by atoms with Gasteiger partial charge in [0.25, 0.3) is 0 Å². The summed E-state index contributed by atoms with van der Waals surface area (Å²) in [6.07, 6.45) is 1.57. The van der Waals surface area contributed by atoms with Gasteiger partial charge in [0.2, 0.25) is 0 Å². The Hall–Kier alpha value is -1.35. The summed E-state index contributed by atoms with van der Waals surface area (Å²) in [5.74, 6) is 0.205. The summed E-state index contributed by atoms with van der Waals surface area (Å²) in [7, 11) is 0. The Bertz CT molecular complexity index is 297. The van der Waals surface area contributed by atoms with Gasteiger partial charge in [-0.15, -0.1) is 0 Å². The van der Waals surface area contributed by atoms with Gasteiger partial charge in [-0.05, 0) is 19.1 Å². The molecule has 1 rings (SSSR count). The van der Waals surface area contributed by atoms with Gasteiger partial charge in [-0.25, -0.2) is 0 Å². The molecule has 0 heterocycles. The number of hydrogen-bond acceptors (Lipinski definition) is 3. The van der Waals surface area contributed by atoms with Gasteiger partial charge >= 0.3 is 0 Å². The molecule has 3 heteroatoms. The second-order valence-corrected chi connectivity index (χ2v) is 2.87. The molecule has 0 radical (unpaired) electrons. The van der Waals surface area contributed by atoms with Crippen LogP contribution >= 0.6 is 0 Å². The lowest BCUT2D eigenvalue weighted by Gasteiger charge is -2.00. The van der Waals surface area contributed by atoms with Gasteiger partial charge in [-0.1, -0.05) is 12.1 Å². The van der Waals surface area contributed by atoms with E-state index < -0.39 is 0 Å². The topological polar surface area (TPSA) is 52.8 Å². The summed E-state index contributed by atoms with van der Waals surface area (Å²) in [4.78, 5) is 4.04. The number of phenolic OH excluding ortho intramolecular Hbond substituents is 1. The van der Waals surface area contributed by atoms with Crippen LogP contribution in [0.25, 0.3) is 0 Å². The molecule has 0 unspecified atom stereocenters. The normalized spacial score (nSPS) is 13.4. The molecule has 0 saturated heterocycles. The lowest BCUT2D eigenvalue weighted by Crippen LogP contribution is -2.03. The number of hydrogen-bond donors (Lipinski definition) is 2. The molecule has 1 aromatic carbocycles. The first-order valence-electron chi connectivity index (χ1n) is 4.16. The van der Waals surface area contributed by atoms with Crippen molar-refractivity contribution in [1.29, 1.82) is 0 Å². The highest BCUT2D eigenvalue weighted by Crippen LogP contribution is 2.12. The van der Waals surface area contributed by atoms with Crippen molar-refractivity contribution in [3.63, 3.8) is 0 Å². The third-order valence-corrected chi connectivity index (χ3v) is 1.67. The Morgan fingerprint density at radius 3 is 2.77 bits per heavy atom. The van der Waals surface area contributed by atoms with Crippen molar-refractivity contribution < 1.29 is 10.2 Å². The zero-order valence-electron chi connectivity index (χ0n) is 7.51. The fourth-order valence-electron chi connectivity index (χ4n) is 0.851. The average Bonchev–Trinajstić information content (AvgIpc) is 2.16. The molecule has 1 atom stereocenters. The van der Waals surface area contributed by atoms with Crippen LogP contribution in [-0.4, -0.2) is 29.1 Å². The third kappa shape index (κ3) is 2.87. The molecule has 2 N–H and O–H groups in total. The fourth-order valence-corrected chi connectivity index (χ4v) is 0.851. The predicted molar refractivity (Wildman–Crippen MR) is 52.2 cm³/mol. The number of para-hydroxylation sites is 1. The maximum Gasteiger partial charge on any atom is 0.124 e. The van der Waals surface area contributed by atoms with Gasteiger partial charge in [0, 0.05) is 11.8 Å². The molecule has 70 valence electrons. The molecule has 0 fully saturated rings. The first kappa shape index (κ1) is 9.74. The van der Waals surface area contributed by atoms with Gasteiger partial charge in [0.05, 0.1) is 12.6 Å². The number of aromatic hydroxyl groups is 1. The quantitative estimate of drug-likeness (QED) is 0.685. The van der Waals surface area contributed by atoms with E-state index in [9.17, 15) is 5.11 Å². The number of benzene rings is 1. The average molecular weight is 179 g/mol. The van der Waals surface area contributed by atoms with Gasteiger partial charge in [0.15, 0.2) is 0 Å². The Morgan fingerprint density at radius 2 is 2.15 bits per heavy atom. The highest BCUT2D eigenvalue weighted by Gasteiger charge is 1.96. The van der Waals surface area contributed by atoms with E-state index in [1.165, 1.54) is 0 Å². The minimum Gasteiger partial charge on any atom is -0.507 e. The first-order chi connectivity index (χ1) is 6.24. The number of rotatable bonds is 3. The van der Waals surface area contributed by atoms with E-state index in [0.29, 0.717) is 5.56 Å². The highest BCUT2D eigenvalue weighted by molar-refractivity contribution is 5.83. The largest absolute Gasteiger partial charge is 0.507 e. The number of aliphatic hydroxyl groups is 1. The molecule has 3 nitrogen and oxygen atoms in total. The number of phenols is 1. The molecule has 0 amide bonds. The van der Waals surface area contributed by atoms with Crippen LogP contribution in [0.5, 0.6) is 5.75 Å². The number of aliphatic hydroxyl groups excluding tert-OH is 1. The summed E-state index contributed by atoms with van der Waals surface area (Å²) in [6, 6.07) is 6.82. The van der Waals surface area contributed by atoms with Crippen LogP contribution in [0.3, 0.4) is 0 Å². The summed E-state index contributed by atoms with van der Waals surface area (Å²) in [5.41, 5.74) is 0.669. The van der Waals surface area contributed by atoms with Crippen molar-refractivity contribution in [1.82, 2.24) is 0 Å². The summed E-state index contributed by atoms with van der Waals surface area (Å²) in [6.45, 7) is 1.82. The lowest BCUT2D eigenvalue weighted by molar-refractivity contribution is 0.275. The second kappa shape index (κ2) is 4.62. The lowest BCUT2D eigenvalue weighted by atomic mass is 10.2. The summed E-state index contributed by atoms with van der Waals surface area (Å²) < 4.78 is 0. The van der Waals surface area contributed by atoms with E-state index in [2.05, 4.69) is 4.99 Å². The molecular weight excluding hydrogens is 166 g/mol. The van der Waals surface area contributed by atoms with Crippen LogP contribution in [0.1, 0.15) is 12.5 Å². The maximum absolute atomic E-state index is 9.34. The first-order valence-corrected chi connectivity index (χ1v) is 4.16. The van der Waals surface area contributed by atoms with Crippen LogP contribution < -0.4 is 0 Å². The van der Waals surface area contributed by atoms with Crippen molar-refractivity contribution >= 4 is 6.21 Å². The minimum absolute atomic E-state index is 0.0180. The van der Waals surface area contributed by atoms with Crippen molar-refractivity contribution in [2.45, 2.75) is 13.0 Å². The number of nitrogens with zero attached hydrogens (tertiary/aromatic N) is 1. The summed E-state index contributed by atoms with van der Waals surface area (Å²) in [5, 5.41) is 18.0. The molecule has 0 aliphatic rings. The molecule has 0 aliphatic heterocycles. The Morgan fingerprint density at radius 1 is 1.46 bits per heavy atom. The van der Waals surface area contributed by atoms with Crippen molar-refractivity contribution in [2.75, 3.05) is 6.61 Å². The number of aliphatic imine (C=N–C) groups is 1. The van der Waals surface area contributed by atoms with Crippen molar-refractivity contribution in [3.8, 4) is 5.75 Å². The molecule has 0 aromatic heterocycles. The molecular formula is C10H13NO2. The van der Waals surface area contributed by atoms with Crippen LogP contribution in [-0.2, 0) is 0 Å². The Balaban J connectivity index is 2.74. The van der Waals surface area contributed by atoms with E-state index in [4.69, 9.17) is 5.11 Å². The van der Waals surface area contributed by atoms with Gasteiger partial charge < -0.3 is 10.2 Å². The van der Waals surface area contributed by atoms with E-state index in [1.54, 1.807) is 31.3 Å². The zero-order valence-corrected chi connectivity index (χ0v) is 7.51. The van der Waals surface area contributed by atoms with Crippen LogP contribution in [0.4, 0.5) is 0 Å².